The molecule has 1 aliphatic heterocycles. The third kappa shape index (κ3) is 2.25. The van der Waals surface area contributed by atoms with E-state index in [0.717, 1.165) is 6.54 Å². The van der Waals surface area contributed by atoms with Gasteiger partial charge in [0.2, 0.25) is 0 Å². The number of aliphatic carboxylic acids is 1. The van der Waals surface area contributed by atoms with Gasteiger partial charge in [-0.15, -0.1) is 0 Å². The van der Waals surface area contributed by atoms with Gasteiger partial charge < -0.3 is 15.2 Å². The molecule has 0 aromatic carbocycles. The van der Waals surface area contributed by atoms with Gasteiger partial charge in [-0.05, 0) is 5.41 Å². The van der Waals surface area contributed by atoms with E-state index in [1.54, 1.807) is 0 Å². The predicted molar refractivity (Wildman–Crippen MR) is 53.3 cm³/mol. The number of hydrogen-bond donors (Lipinski definition) is 2. The summed E-state index contributed by atoms with van der Waals surface area (Å²) in [6, 6.07) is 0. The molecular formula is C10H19NO3. The Hall–Kier alpha value is -0.610. The minimum Gasteiger partial charge on any atom is -0.481 e. The van der Waals surface area contributed by atoms with E-state index in [1.165, 1.54) is 0 Å². The Labute approximate surface area is 84.6 Å². The Morgan fingerprint density at radius 2 is 2.21 bits per heavy atom. The Morgan fingerprint density at radius 3 is 2.57 bits per heavy atom. The van der Waals surface area contributed by atoms with Crippen LogP contribution in [0.3, 0.4) is 0 Å². The fraction of sp³-hybridized carbons (Fsp3) is 0.900. The number of carbonyl (C=O) groups is 1. The molecule has 4 heteroatoms. The summed E-state index contributed by atoms with van der Waals surface area (Å²) in [5.41, 5.74) is -0.740. The van der Waals surface area contributed by atoms with E-state index in [9.17, 15) is 4.79 Å². The molecule has 2 N–H and O–H groups in total. The molecule has 1 unspecified atom stereocenters. The maximum absolute atomic E-state index is 10.8. The van der Waals surface area contributed by atoms with Gasteiger partial charge in [0.15, 0.2) is 0 Å². The lowest BCUT2D eigenvalue weighted by atomic mass is 9.73. The first-order chi connectivity index (χ1) is 6.37. The lowest BCUT2D eigenvalue weighted by Crippen LogP contribution is -2.58. The number of carboxylic acid groups (broad SMARTS) is 1. The molecule has 0 amide bonds. The Bertz CT molecular complexity index is 214. The van der Waals surface area contributed by atoms with Crippen molar-refractivity contribution in [1.82, 2.24) is 5.32 Å². The zero-order valence-electron chi connectivity index (χ0n) is 9.09. The van der Waals surface area contributed by atoms with Crippen molar-refractivity contribution in [3.63, 3.8) is 0 Å². The fourth-order valence-electron chi connectivity index (χ4n) is 1.76. The second-order valence-electron chi connectivity index (χ2n) is 4.84. The smallest absolute Gasteiger partial charge is 0.306 e. The topological polar surface area (TPSA) is 58.6 Å². The van der Waals surface area contributed by atoms with Gasteiger partial charge in [0, 0.05) is 13.1 Å². The third-order valence-electron chi connectivity index (χ3n) is 2.87. The van der Waals surface area contributed by atoms with Crippen molar-refractivity contribution < 1.29 is 14.6 Å². The molecule has 1 rings (SSSR count). The Balaban J connectivity index is 2.83. The monoisotopic (exact) mass is 201 g/mol. The lowest BCUT2D eigenvalue weighted by Gasteiger charge is -2.46. The third-order valence-corrected chi connectivity index (χ3v) is 2.87. The van der Waals surface area contributed by atoms with Crippen LogP contribution in [0.5, 0.6) is 0 Å². The number of hydrogen-bond acceptors (Lipinski definition) is 3. The fourth-order valence-corrected chi connectivity index (χ4v) is 1.76. The van der Waals surface area contributed by atoms with Gasteiger partial charge in [0.1, 0.15) is 0 Å². The first-order valence-corrected chi connectivity index (χ1v) is 4.94. The SMILES string of the molecule is CC(C)(C)C1(CC(=O)O)CNCCO1. The van der Waals surface area contributed by atoms with Crippen LogP contribution in [0, 0.1) is 5.41 Å². The van der Waals surface area contributed by atoms with Crippen LogP contribution in [-0.2, 0) is 9.53 Å². The zero-order chi connectivity index (χ0) is 10.8. The summed E-state index contributed by atoms with van der Waals surface area (Å²) in [4.78, 5) is 10.8. The quantitative estimate of drug-likeness (QED) is 0.696. The van der Waals surface area contributed by atoms with Gasteiger partial charge in [-0.3, -0.25) is 4.79 Å². The average Bonchev–Trinajstić information content (AvgIpc) is 2.02. The van der Waals surface area contributed by atoms with Crippen molar-refractivity contribution in [2.24, 2.45) is 5.41 Å². The molecule has 0 aliphatic carbocycles. The zero-order valence-corrected chi connectivity index (χ0v) is 9.09. The molecule has 0 saturated carbocycles. The molecule has 4 nitrogen and oxygen atoms in total. The highest BCUT2D eigenvalue weighted by Crippen LogP contribution is 2.37. The number of morpholine rings is 1. The molecule has 14 heavy (non-hydrogen) atoms. The molecule has 1 heterocycles. The molecule has 0 aromatic rings. The van der Waals surface area contributed by atoms with Crippen LogP contribution < -0.4 is 5.32 Å². The van der Waals surface area contributed by atoms with Crippen LogP contribution >= 0.6 is 0 Å². The summed E-state index contributed by atoms with van der Waals surface area (Å²) in [5, 5.41) is 12.1. The largest absolute Gasteiger partial charge is 0.481 e. The van der Waals surface area contributed by atoms with E-state index in [0.29, 0.717) is 13.2 Å². The van der Waals surface area contributed by atoms with Crippen molar-refractivity contribution >= 4 is 5.97 Å². The molecule has 1 fully saturated rings. The van der Waals surface area contributed by atoms with Gasteiger partial charge in [-0.2, -0.15) is 0 Å². The van der Waals surface area contributed by atoms with E-state index in [2.05, 4.69) is 5.32 Å². The van der Waals surface area contributed by atoms with Crippen molar-refractivity contribution in [2.45, 2.75) is 32.8 Å². The highest BCUT2D eigenvalue weighted by atomic mass is 16.5. The van der Waals surface area contributed by atoms with Crippen LogP contribution in [0.2, 0.25) is 0 Å². The first kappa shape index (κ1) is 11.5. The van der Waals surface area contributed by atoms with E-state index in [4.69, 9.17) is 9.84 Å². The van der Waals surface area contributed by atoms with Gasteiger partial charge in [0.25, 0.3) is 0 Å². The van der Waals surface area contributed by atoms with Gasteiger partial charge in [0.05, 0.1) is 18.6 Å². The van der Waals surface area contributed by atoms with Crippen LogP contribution in [0.1, 0.15) is 27.2 Å². The molecule has 1 saturated heterocycles. The van der Waals surface area contributed by atoms with Crippen molar-refractivity contribution in [3.05, 3.63) is 0 Å². The van der Waals surface area contributed by atoms with Crippen LogP contribution in [0.4, 0.5) is 0 Å². The van der Waals surface area contributed by atoms with Gasteiger partial charge in [-0.25, -0.2) is 0 Å². The molecule has 0 aromatic heterocycles. The van der Waals surface area contributed by atoms with Crippen molar-refractivity contribution in [3.8, 4) is 0 Å². The summed E-state index contributed by atoms with van der Waals surface area (Å²) in [6.07, 6.45) is 0.0590. The normalized spacial score (nSPS) is 28.8. The summed E-state index contributed by atoms with van der Waals surface area (Å²) in [7, 11) is 0. The van der Waals surface area contributed by atoms with E-state index >= 15 is 0 Å². The molecule has 0 bridgehead atoms. The molecule has 0 radical (unpaired) electrons. The number of carboxylic acids is 1. The molecular weight excluding hydrogens is 182 g/mol. The Kier molecular flexibility index (Phi) is 3.17. The van der Waals surface area contributed by atoms with Crippen molar-refractivity contribution in [1.29, 1.82) is 0 Å². The van der Waals surface area contributed by atoms with Gasteiger partial charge in [-0.1, -0.05) is 20.8 Å². The summed E-state index contributed by atoms with van der Waals surface area (Å²) in [6.45, 7) is 8.06. The second-order valence-corrected chi connectivity index (χ2v) is 4.84. The minimum atomic E-state index is -0.802. The molecule has 82 valence electrons. The molecule has 0 spiro atoms. The first-order valence-electron chi connectivity index (χ1n) is 4.94. The highest BCUT2D eigenvalue weighted by Gasteiger charge is 2.45. The number of ether oxygens (including phenoxy) is 1. The van der Waals surface area contributed by atoms with E-state index < -0.39 is 11.6 Å². The summed E-state index contributed by atoms with van der Waals surface area (Å²) >= 11 is 0. The lowest BCUT2D eigenvalue weighted by molar-refractivity contribution is -0.164. The molecule has 1 atom stereocenters. The van der Waals surface area contributed by atoms with E-state index in [-0.39, 0.29) is 11.8 Å². The van der Waals surface area contributed by atoms with Crippen LogP contribution in [0.25, 0.3) is 0 Å². The van der Waals surface area contributed by atoms with Crippen LogP contribution in [0.15, 0.2) is 0 Å². The van der Waals surface area contributed by atoms with Gasteiger partial charge >= 0.3 is 5.97 Å². The average molecular weight is 201 g/mol. The summed E-state index contributed by atoms with van der Waals surface area (Å²) in [5.74, 6) is -0.802. The number of nitrogens with one attached hydrogen (secondary N) is 1. The predicted octanol–water partition coefficient (Wildman–Crippen LogP) is 0.866. The molecule has 1 aliphatic rings. The summed E-state index contributed by atoms with van der Waals surface area (Å²) < 4.78 is 5.70. The maximum atomic E-state index is 10.8. The van der Waals surface area contributed by atoms with Crippen LogP contribution in [-0.4, -0.2) is 36.4 Å². The minimum absolute atomic E-state index is 0.0590. The standard InChI is InChI=1S/C10H19NO3/c1-9(2,3)10(6-8(12)13)7-11-4-5-14-10/h11H,4-7H2,1-3H3,(H,12,13). The maximum Gasteiger partial charge on any atom is 0.306 e. The highest BCUT2D eigenvalue weighted by molar-refractivity contribution is 5.68. The van der Waals surface area contributed by atoms with Crippen molar-refractivity contribution in [2.75, 3.05) is 19.7 Å². The Morgan fingerprint density at radius 1 is 1.57 bits per heavy atom. The van der Waals surface area contributed by atoms with E-state index in [1.807, 2.05) is 20.8 Å². The number of rotatable bonds is 2. The second kappa shape index (κ2) is 3.87.